The van der Waals surface area contributed by atoms with Crippen LogP contribution in [0.5, 0.6) is 5.88 Å². The van der Waals surface area contributed by atoms with Crippen LogP contribution in [-0.4, -0.2) is 38.2 Å². The van der Waals surface area contributed by atoms with E-state index in [0.717, 1.165) is 28.0 Å². The predicted molar refractivity (Wildman–Crippen MR) is 92.7 cm³/mol. The molecule has 0 aromatic carbocycles. The second-order valence-corrected chi connectivity index (χ2v) is 6.31. The summed E-state index contributed by atoms with van der Waals surface area (Å²) in [7, 11) is 1.77. The van der Waals surface area contributed by atoms with Gasteiger partial charge in [-0.1, -0.05) is 0 Å². The van der Waals surface area contributed by atoms with Crippen molar-refractivity contribution in [2.24, 2.45) is 12.8 Å². The number of nitrogens with one attached hydrogen (secondary N) is 1. The van der Waals surface area contributed by atoms with Gasteiger partial charge < -0.3 is 10.5 Å². The molecule has 130 valence electrons. The summed E-state index contributed by atoms with van der Waals surface area (Å²) in [4.78, 5) is 31.4. The van der Waals surface area contributed by atoms with Gasteiger partial charge in [-0.25, -0.2) is 14.6 Å². The zero-order valence-corrected chi connectivity index (χ0v) is 14.7. The summed E-state index contributed by atoms with van der Waals surface area (Å²) >= 11 is 1.11. The molecular weight excluding hydrogens is 344 g/mol. The molecule has 0 saturated heterocycles. The molecule has 2 amide bonds. The number of pyridine rings is 1. The summed E-state index contributed by atoms with van der Waals surface area (Å²) in [5, 5.41) is 9.35. The Hall–Kier alpha value is -3.01. The first-order valence-corrected chi connectivity index (χ1v) is 8.22. The molecule has 25 heavy (non-hydrogen) atoms. The van der Waals surface area contributed by atoms with E-state index in [9.17, 15) is 9.59 Å². The van der Waals surface area contributed by atoms with Gasteiger partial charge in [-0.2, -0.15) is 0 Å². The summed E-state index contributed by atoms with van der Waals surface area (Å²) in [6.45, 7) is 3.60. The Labute approximate surface area is 146 Å². The third-order valence-electron chi connectivity index (χ3n) is 3.43. The highest BCUT2D eigenvalue weighted by Gasteiger charge is 2.16. The molecule has 0 aliphatic carbocycles. The maximum Gasteiger partial charge on any atom is 0.268 e. The number of ether oxygens (including phenoxy) is 1. The van der Waals surface area contributed by atoms with Crippen molar-refractivity contribution in [3.8, 4) is 5.88 Å². The van der Waals surface area contributed by atoms with Crippen molar-refractivity contribution >= 4 is 39.3 Å². The number of carbonyl (C=O) groups is 2. The van der Waals surface area contributed by atoms with E-state index in [1.807, 2.05) is 19.9 Å². The molecule has 0 radical (unpaired) electrons. The maximum absolute atomic E-state index is 12.0. The Morgan fingerprint density at radius 1 is 1.36 bits per heavy atom. The van der Waals surface area contributed by atoms with E-state index in [2.05, 4.69) is 20.4 Å². The van der Waals surface area contributed by atoms with Crippen molar-refractivity contribution in [2.75, 3.05) is 11.9 Å². The molecule has 3 aromatic rings. The molecule has 0 atom stereocenters. The molecule has 3 N–H and O–H groups in total. The van der Waals surface area contributed by atoms with Crippen LogP contribution >= 0.6 is 11.3 Å². The maximum atomic E-state index is 12.0. The van der Waals surface area contributed by atoms with Crippen molar-refractivity contribution in [3.63, 3.8) is 0 Å². The van der Waals surface area contributed by atoms with E-state index in [1.165, 1.54) is 5.38 Å². The lowest BCUT2D eigenvalue weighted by molar-refractivity contribution is -0.118. The van der Waals surface area contributed by atoms with Crippen LogP contribution in [-0.2, 0) is 11.8 Å². The van der Waals surface area contributed by atoms with E-state index in [4.69, 9.17) is 10.5 Å². The van der Waals surface area contributed by atoms with Crippen LogP contribution in [0.3, 0.4) is 0 Å². The third-order valence-corrected chi connectivity index (χ3v) is 4.19. The minimum Gasteiger partial charge on any atom is -0.466 e. The number of hydrogen-bond acceptors (Lipinski definition) is 7. The van der Waals surface area contributed by atoms with Crippen LogP contribution in [0.15, 0.2) is 11.4 Å². The van der Waals surface area contributed by atoms with Crippen LogP contribution in [0.4, 0.5) is 5.13 Å². The average Bonchev–Trinajstić information content (AvgIpc) is 3.11. The highest BCUT2D eigenvalue weighted by Crippen LogP contribution is 2.27. The lowest BCUT2D eigenvalue weighted by Gasteiger charge is -2.04. The minimum atomic E-state index is -0.647. The van der Waals surface area contributed by atoms with Crippen LogP contribution in [0.1, 0.15) is 21.7 Å². The molecule has 0 aliphatic heterocycles. The monoisotopic (exact) mass is 360 g/mol. The van der Waals surface area contributed by atoms with Gasteiger partial charge >= 0.3 is 0 Å². The summed E-state index contributed by atoms with van der Waals surface area (Å²) < 4.78 is 7.16. The Morgan fingerprint density at radius 2 is 2.12 bits per heavy atom. The van der Waals surface area contributed by atoms with Crippen molar-refractivity contribution in [3.05, 3.63) is 28.4 Å². The number of amides is 2. The number of hydrogen-bond donors (Lipinski definition) is 2. The Bertz CT molecular complexity index is 977. The van der Waals surface area contributed by atoms with Gasteiger partial charge in [-0.3, -0.25) is 14.9 Å². The molecule has 3 aromatic heterocycles. The smallest absolute Gasteiger partial charge is 0.268 e. The first-order chi connectivity index (χ1) is 11.8. The second-order valence-electron chi connectivity index (χ2n) is 5.45. The van der Waals surface area contributed by atoms with Crippen molar-refractivity contribution in [1.29, 1.82) is 0 Å². The van der Waals surface area contributed by atoms with E-state index >= 15 is 0 Å². The topological polar surface area (TPSA) is 125 Å². The number of rotatable bonds is 5. The van der Waals surface area contributed by atoms with Crippen LogP contribution in [0.2, 0.25) is 0 Å². The third kappa shape index (κ3) is 3.43. The molecule has 10 heteroatoms. The number of carbonyl (C=O) groups excluding carboxylic acids is 2. The first-order valence-electron chi connectivity index (χ1n) is 7.34. The van der Waals surface area contributed by atoms with E-state index in [-0.39, 0.29) is 17.4 Å². The number of fused-ring (bicyclic) bond motifs is 1. The number of primary amides is 1. The van der Waals surface area contributed by atoms with Crippen molar-refractivity contribution in [2.45, 2.75) is 13.8 Å². The van der Waals surface area contributed by atoms with Crippen LogP contribution < -0.4 is 15.8 Å². The van der Waals surface area contributed by atoms with Gasteiger partial charge in [0.1, 0.15) is 5.69 Å². The van der Waals surface area contributed by atoms with E-state index in [0.29, 0.717) is 11.5 Å². The zero-order valence-electron chi connectivity index (χ0n) is 13.9. The van der Waals surface area contributed by atoms with Gasteiger partial charge in [0.15, 0.2) is 17.4 Å². The lowest BCUT2D eigenvalue weighted by Crippen LogP contribution is -2.20. The van der Waals surface area contributed by atoms with Gasteiger partial charge in [0, 0.05) is 18.1 Å². The fourth-order valence-corrected chi connectivity index (χ4v) is 3.10. The highest BCUT2D eigenvalue weighted by atomic mass is 32.1. The molecule has 0 saturated carbocycles. The Kier molecular flexibility index (Phi) is 4.36. The van der Waals surface area contributed by atoms with Gasteiger partial charge in [-0.15, -0.1) is 16.4 Å². The summed E-state index contributed by atoms with van der Waals surface area (Å²) in [6.07, 6.45) is 0. The van der Waals surface area contributed by atoms with Gasteiger partial charge in [0.05, 0.1) is 5.39 Å². The largest absolute Gasteiger partial charge is 0.466 e. The van der Waals surface area contributed by atoms with Crippen LogP contribution in [0, 0.1) is 13.8 Å². The van der Waals surface area contributed by atoms with E-state index in [1.54, 1.807) is 11.7 Å². The fraction of sp³-hybridized carbons (Fsp3) is 0.267. The minimum absolute atomic E-state index is 0.106. The predicted octanol–water partition coefficient (Wildman–Crippen LogP) is 1.16. The number of aryl methyl sites for hydroxylation is 3. The van der Waals surface area contributed by atoms with Crippen LogP contribution in [0.25, 0.3) is 11.0 Å². The van der Waals surface area contributed by atoms with E-state index < -0.39 is 11.8 Å². The molecular formula is C15H16N6O3S. The number of aromatic nitrogens is 4. The van der Waals surface area contributed by atoms with Crippen molar-refractivity contribution in [1.82, 2.24) is 19.7 Å². The molecule has 0 bridgehead atoms. The number of nitrogens with two attached hydrogens (primary N) is 1. The normalized spacial score (nSPS) is 10.8. The molecule has 3 rings (SSSR count). The quantitative estimate of drug-likeness (QED) is 0.703. The molecule has 0 fully saturated rings. The summed E-state index contributed by atoms with van der Waals surface area (Å²) in [5.41, 5.74) is 7.77. The molecule has 9 nitrogen and oxygen atoms in total. The molecule has 0 unspecified atom stereocenters. The molecule has 3 heterocycles. The van der Waals surface area contributed by atoms with Gasteiger partial charge in [0.2, 0.25) is 5.88 Å². The number of thiazole rings is 1. The van der Waals surface area contributed by atoms with Crippen molar-refractivity contribution < 1.29 is 14.3 Å². The lowest BCUT2D eigenvalue weighted by atomic mass is 10.2. The Balaban J connectivity index is 1.72. The number of nitrogens with zero attached hydrogens (tertiary/aromatic N) is 4. The zero-order chi connectivity index (χ0) is 18.1. The highest BCUT2D eigenvalue weighted by molar-refractivity contribution is 7.14. The second kappa shape index (κ2) is 6.48. The first kappa shape index (κ1) is 16.8. The standard InChI is InChI=1S/C15H16N6O3S/c1-7-4-8(2)17-13-11(7)14(20-21(13)3)24-5-10(22)19-15-18-9(6-25-15)12(16)23/h4,6H,5H2,1-3H3,(H2,16,23)(H,18,19,22). The fourth-order valence-electron chi connectivity index (χ4n) is 2.38. The number of anilines is 1. The molecule has 0 aliphatic rings. The van der Waals surface area contributed by atoms with Gasteiger partial charge in [0.25, 0.3) is 11.8 Å². The SMILES string of the molecule is Cc1cc(C)c2c(OCC(=O)Nc3nc(C(N)=O)cs3)nn(C)c2n1. The molecule has 0 spiro atoms. The average molecular weight is 360 g/mol. The van der Waals surface area contributed by atoms with Gasteiger partial charge in [-0.05, 0) is 25.5 Å². The Morgan fingerprint density at radius 3 is 2.80 bits per heavy atom. The summed E-state index contributed by atoms with van der Waals surface area (Å²) in [5.74, 6) is -0.720. The summed E-state index contributed by atoms with van der Waals surface area (Å²) in [6, 6.07) is 1.93.